The maximum Gasteiger partial charge on any atom is 0.0726 e. The third-order valence-corrected chi connectivity index (χ3v) is 16.4. The first-order valence-corrected chi connectivity index (χ1v) is 25.4. The van der Waals surface area contributed by atoms with E-state index >= 15 is 0 Å². The zero-order valence-corrected chi connectivity index (χ0v) is 39.8. The summed E-state index contributed by atoms with van der Waals surface area (Å²) in [6, 6.07) is 100. The summed E-state index contributed by atoms with van der Waals surface area (Å²) in [5.74, 6) is 0. The molecule has 0 bridgehead atoms. The lowest BCUT2D eigenvalue weighted by Gasteiger charge is -2.34. The lowest BCUT2D eigenvalue weighted by molar-refractivity contribution is 0.794. The lowest BCUT2D eigenvalue weighted by atomic mass is 9.70. The van der Waals surface area contributed by atoms with Crippen molar-refractivity contribution in [1.29, 1.82) is 0 Å². The molecule has 1 aromatic heterocycles. The van der Waals surface area contributed by atoms with Crippen LogP contribution in [0.4, 0.5) is 17.1 Å². The van der Waals surface area contributed by atoms with Gasteiger partial charge < -0.3 is 9.47 Å². The fourth-order valence-electron chi connectivity index (χ4n) is 13.5. The van der Waals surface area contributed by atoms with Gasteiger partial charge in [-0.2, -0.15) is 0 Å². The number of anilines is 3. The van der Waals surface area contributed by atoms with Crippen LogP contribution in [0.3, 0.4) is 0 Å². The zero-order valence-electron chi connectivity index (χ0n) is 39.8. The van der Waals surface area contributed by atoms with E-state index in [1.54, 1.807) is 0 Å². The molecule has 0 N–H and O–H groups in total. The SMILES string of the molecule is c1ccc(-n2c3ccccc3c3c(N(c4ccc5c6ccccc6c6ccccc6c5c4)c4cc5c(cc4-c4cccc6ccccc46)-c4ccccc4C54c5ccccc5-c5ccccc54)cccc32)cc1. The first-order chi connectivity index (χ1) is 36.3. The number of nitrogens with zero attached hydrogens (tertiary/aromatic N) is 2. The predicted octanol–water partition coefficient (Wildman–Crippen LogP) is 18.9. The quantitative estimate of drug-likeness (QED) is 0.156. The summed E-state index contributed by atoms with van der Waals surface area (Å²) in [5, 5.41) is 12.3. The van der Waals surface area contributed by atoms with E-state index in [1.807, 2.05) is 0 Å². The highest BCUT2D eigenvalue weighted by Gasteiger charge is 2.52. The fourth-order valence-corrected chi connectivity index (χ4v) is 13.5. The van der Waals surface area contributed by atoms with Crippen molar-refractivity contribution in [2.75, 3.05) is 4.90 Å². The number of benzene rings is 13. The molecule has 0 radical (unpaired) electrons. The smallest absolute Gasteiger partial charge is 0.0726 e. The molecule has 1 heterocycles. The summed E-state index contributed by atoms with van der Waals surface area (Å²) in [4.78, 5) is 2.62. The Kier molecular flexibility index (Phi) is 8.41. The molecule has 1 spiro atoms. The van der Waals surface area contributed by atoms with Gasteiger partial charge in [0.05, 0.1) is 27.8 Å². The van der Waals surface area contributed by atoms with Crippen molar-refractivity contribution in [3.8, 4) is 39.1 Å². The molecule has 0 saturated carbocycles. The van der Waals surface area contributed by atoms with E-state index in [2.05, 4.69) is 276 Å². The fraction of sp³-hybridized carbons (Fsp3) is 0.0141. The van der Waals surface area contributed by atoms with Crippen LogP contribution >= 0.6 is 0 Å². The van der Waals surface area contributed by atoms with Gasteiger partial charge in [0.15, 0.2) is 0 Å². The van der Waals surface area contributed by atoms with Gasteiger partial charge in [-0.25, -0.2) is 0 Å². The van der Waals surface area contributed by atoms with Crippen molar-refractivity contribution < 1.29 is 0 Å². The van der Waals surface area contributed by atoms with Crippen LogP contribution in [0.15, 0.2) is 267 Å². The minimum atomic E-state index is -0.551. The number of aromatic nitrogens is 1. The molecule has 2 aliphatic rings. The molecule has 0 atom stereocenters. The van der Waals surface area contributed by atoms with E-state index < -0.39 is 5.41 Å². The summed E-state index contributed by atoms with van der Waals surface area (Å²) >= 11 is 0. The molecule has 0 aliphatic heterocycles. The molecule has 2 heteroatoms. The second-order valence-electron chi connectivity index (χ2n) is 19.8. The number of para-hydroxylation sites is 2. The van der Waals surface area contributed by atoms with E-state index in [9.17, 15) is 0 Å². The van der Waals surface area contributed by atoms with Gasteiger partial charge >= 0.3 is 0 Å². The summed E-state index contributed by atoms with van der Waals surface area (Å²) in [6.07, 6.45) is 0. The van der Waals surface area contributed by atoms with Gasteiger partial charge in [0.2, 0.25) is 0 Å². The van der Waals surface area contributed by atoms with Crippen LogP contribution in [-0.4, -0.2) is 4.57 Å². The number of fused-ring (bicyclic) bond motifs is 20. The van der Waals surface area contributed by atoms with Crippen LogP contribution < -0.4 is 4.90 Å². The first kappa shape index (κ1) is 40.3. The van der Waals surface area contributed by atoms with Crippen molar-refractivity contribution in [1.82, 2.24) is 4.57 Å². The molecule has 73 heavy (non-hydrogen) atoms. The van der Waals surface area contributed by atoms with Gasteiger partial charge in [0.25, 0.3) is 0 Å². The standard InChI is InChI=1S/C71H44N2/c1-2-22-46(23-3-1)72-66-37-17-13-32-58(66)70-67(72)38-19-39-68(70)73(47-40-41-54-52-27-7-6-25-50(52)51-26-8-9-28-53(51)59(54)42-47)69-44-65-60(43-61(69)49-33-18-21-45-20-4-5-24-48(45)49)57-31-12-16-36-64(57)71(65)62-34-14-10-29-55(62)56-30-11-15-35-63(56)71/h1-44H. The van der Waals surface area contributed by atoms with Gasteiger partial charge in [0.1, 0.15) is 0 Å². The molecule has 0 unspecified atom stereocenters. The third-order valence-electron chi connectivity index (χ3n) is 16.4. The zero-order chi connectivity index (χ0) is 47.8. The Morgan fingerprint density at radius 1 is 0.274 bits per heavy atom. The van der Waals surface area contributed by atoms with Gasteiger partial charge in [-0.05, 0) is 148 Å². The molecular weight excluding hydrogens is 881 g/mol. The Bertz CT molecular complexity index is 4550. The summed E-state index contributed by atoms with van der Waals surface area (Å²) in [6.45, 7) is 0. The highest BCUT2D eigenvalue weighted by atomic mass is 15.2. The number of hydrogen-bond acceptors (Lipinski definition) is 1. The molecule has 0 fully saturated rings. The van der Waals surface area contributed by atoms with Gasteiger partial charge in [0, 0.05) is 27.7 Å². The molecule has 0 saturated heterocycles. The molecule has 2 aliphatic carbocycles. The minimum absolute atomic E-state index is 0.551. The van der Waals surface area contributed by atoms with Crippen molar-refractivity contribution >= 4 is 82.0 Å². The summed E-state index contributed by atoms with van der Waals surface area (Å²) in [5.41, 5.74) is 19.0. The highest BCUT2D eigenvalue weighted by molar-refractivity contribution is 6.26. The maximum atomic E-state index is 2.62. The van der Waals surface area contributed by atoms with Crippen LogP contribution in [0.25, 0.3) is 104 Å². The van der Waals surface area contributed by atoms with Crippen LogP contribution in [0.2, 0.25) is 0 Å². The molecule has 13 aromatic carbocycles. The topological polar surface area (TPSA) is 8.17 Å². The molecule has 16 rings (SSSR count). The summed E-state index contributed by atoms with van der Waals surface area (Å²) < 4.78 is 2.44. The van der Waals surface area contributed by atoms with Crippen molar-refractivity contribution in [3.63, 3.8) is 0 Å². The Morgan fingerprint density at radius 3 is 1.45 bits per heavy atom. The van der Waals surface area contributed by atoms with Crippen LogP contribution in [0.5, 0.6) is 0 Å². The van der Waals surface area contributed by atoms with E-state index in [1.165, 1.54) is 115 Å². The Labute approximate surface area is 422 Å². The lowest BCUT2D eigenvalue weighted by Crippen LogP contribution is -2.26. The monoisotopic (exact) mass is 924 g/mol. The Balaban J connectivity index is 1.10. The van der Waals surface area contributed by atoms with Crippen LogP contribution in [0.1, 0.15) is 22.3 Å². The van der Waals surface area contributed by atoms with Crippen molar-refractivity contribution in [3.05, 3.63) is 289 Å². The average Bonchev–Trinajstić information content (AvgIpc) is 4.07. The second-order valence-corrected chi connectivity index (χ2v) is 19.8. The molecular formula is C71H44N2. The van der Waals surface area contributed by atoms with Crippen molar-refractivity contribution in [2.45, 2.75) is 5.41 Å². The molecule has 2 nitrogen and oxygen atoms in total. The number of hydrogen-bond donors (Lipinski definition) is 0. The van der Waals surface area contributed by atoms with Crippen LogP contribution in [0, 0.1) is 0 Å². The second kappa shape index (κ2) is 15.3. The van der Waals surface area contributed by atoms with Gasteiger partial charge in [-0.3, -0.25) is 0 Å². The first-order valence-electron chi connectivity index (χ1n) is 25.4. The van der Waals surface area contributed by atoms with Crippen LogP contribution in [-0.2, 0) is 5.41 Å². The average molecular weight is 925 g/mol. The van der Waals surface area contributed by atoms with Gasteiger partial charge in [-0.1, -0.05) is 212 Å². The van der Waals surface area contributed by atoms with E-state index in [4.69, 9.17) is 0 Å². The Morgan fingerprint density at radius 2 is 0.767 bits per heavy atom. The molecule has 14 aromatic rings. The third kappa shape index (κ3) is 5.47. The normalized spacial score (nSPS) is 13.0. The highest BCUT2D eigenvalue weighted by Crippen LogP contribution is 2.64. The largest absolute Gasteiger partial charge is 0.309 e. The Hall–Kier alpha value is -9.50. The van der Waals surface area contributed by atoms with Gasteiger partial charge in [-0.15, -0.1) is 0 Å². The predicted molar refractivity (Wildman–Crippen MR) is 307 cm³/mol. The molecule has 338 valence electrons. The van der Waals surface area contributed by atoms with E-state index in [0.717, 1.165) is 28.3 Å². The van der Waals surface area contributed by atoms with E-state index in [-0.39, 0.29) is 0 Å². The molecule has 0 amide bonds. The minimum Gasteiger partial charge on any atom is -0.309 e. The van der Waals surface area contributed by atoms with E-state index in [0.29, 0.717) is 0 Å². The maximum absolute atomic E-state index is 2.62. The van der Waals surface area contributed by atoms with Crippen molar-refractivity contribution in [2.24, 2.45) is 0 Å². The summed E-state index contributed by atoms with van der Waals surface area (Å²) in [7, 11) is 0. The number of rotatable bonds is 5.